The Hall–Kier alpha value is -2.35. The quantitative estimate of drug-likeness (QED) is 0.676. The predicted octanol–water partition coefficient (Wildman–Crippen LogP) is 3.85. The van der Waals surface area contributed by atoms with Crippen molar-refractivity contribution in [1.29, 1.82) is 0 Å². The van der Waals surface area contributed by atoms with E-state index < -0.39 is 11.7 Å². The molecule has 0 aliphatic carbocycles. The summed E-state index contributed by atoms with van der Waals surface area (Å²) in [5, 5.41) is 8.74. The zero-order valence-corrected chi connectivity index (χ0v) is 16.6. The molecule has 28 heavy (non-hydrogen) atoms. The van der Waals surface area contributed by atoms with Crippen LogP contribution in [0, 0.1) is 5.82 Å². The number of carbonyl (C=O) groups excluding carboxylic acids is 2. The van der Waals surface area contributed by atoms with Crippen molar-refractivity contribution in [3.05, 3.63) is 52.8 Å². The first-order chi connectivity index (χ1) is 13.0. The standard InChI is InChI=1S/C19H19ClFN3O3.ClH/c1-27-17-7-5-12(23-19(26)15-3-2-8-22-15)10-16(17)24-18(25)13-6-4-11(20)9-14(13)21;/h4-7,9-10,15,22H,2-3,8H2,1H3,(H,23,26)(H,24,25);1H. The van der Waals surface area contributed by atoms with Gasteiger partial charge in [0.05, 0.1) is 24.4 Å². The monoisotopic (exact) mass is 427 g/mol. The zero-order chi connectivity index (χ0) is 19.4. The lowest BCUT2D eigenvalue weighted by molar-refractivity contribution is -0.117. The van der Waals surface area contributed by atoms with Gasteiger partial charge in [-0.1, -0.05) is 11.6 Å². The molecule has 6 nitrogen and oxygen atoms in total. The van der Waals surface area contributed by atoms with Crippen molar-refractivity contribution < 1.29 is 18.7 Å². The molecule has 1 aliphatic rings. The topological polar surface area (TPSA) is 79.5 Å². The van der Waals surface area contributed by atoms with E-state index in [1.54, 1.807) is 18.2 Å². The highest BCUT2D eigenvalue weighted by molar-refractivity contribution is 6.30. The minimum atomic E-state index is -0.726. The molecule has 1 aliphatic heterocycles. The maximum absolute atomic E-state index is 14.0. The molecule has 0 radical (unpaired) electrons. The number of hydrogen-bond donors (Lipinski definition) is 3. The maximum Gasteiger partial charge on any atom is 0.258 e. The van der Waals surface area contributed by atoms with E-state index in [0.717, 1.165) is 25.5 Å². The summed E-state index contributed by atoms with van der Waals surface area (Å²) >= 11 is 5.72. The average molecular weight is 428 g/mol. The normalized spacial score (nSPS) is 15.5. The van der Waals surface area contributed by atoms with Gasteiger partial charge in [-0.05, 0) is 55.8 Å². The van der Waals surface area contributed by atoms with Crippen LogP contribution in [0.2, 0.25) is 5.02 Å². The summed E-state index contributed by atoms with van der Waals surface area (Å²) < 4.78 is 19.2. The fourth-order valence-electron chi connectivity index (χ4n) is 2.88. The Balaban J connectivity index is 0.00000280. The van der Waals surface area contributed by atoms with Crippen LogP contribution in [0.3, 0.4) is 0 Å². The fourth-order valence-corrected chi connectivity index (χ4v) is 3.04. The summed E-state index contributed by atoms with van der Waals surface area (Å²) in [7, 11) is 1.45. The number of carbonyl (C=O) groups is 2. The second-order valence-electron chi connectivity index (χ2n) is 6.13. The van der Waals surface area contributed by atoms with Crippen molar-refractivity contribution in [2.45, 2.75) is 18.9 Å². The molecule has 3 N–H and O–H groups in total. The Kier molecular flexibility index (Phi) is 7.62. The van der Waals surface area contributed by atoms with Crippen LogP contribution in [-0.2, 0) is 4.79 Å². The molecule has 0 bridgehead atoms. The van der Waals surface area contributed by atoms with Crippen LogP contribution >= 0.6 is 24.0 Å². The number of hydrogen-bond acceptors (Lipinski definition) is 4. The minimum Gasteiger partial charge on any atom is -0.495 e. The lowest BCUT2D eigenvalue weighted by Gasteiger charge is -2.15. The van der Waals surface area contributed by atoms with Crippen LogP contribution in [0.25, 0.3) is 0 Å². The van der Waals surface area contributed by atoms with Crippen molar-refractivity contribution in [3.63, 3.8) is 0 Å². The van der Waals surface area contributed by atoms with Crippen molar-refractivity contribution in [3.8, 4) is 5.75 Å². The molecule has 1 fully saturated rings. The average Bonchev–Trinajstić information content (AvgIpc) is 3.16. The molecule has 3 rings (SSSR count). The second kappa shape index (κ2) is 9.73. The number of rotatable bonds is 5. The van der Waals surface area contributed by atoms with Crippen molar-refractivity contribution >= 4 is 47.2 Å². The predicted molar refractivity (Wildman–Crippen MR) is 109 cm³/mol. The number of benzene rings is 2. The van der Waals surface area contributed by atoms with Gasteiger partial charge in [-0.2, -0.15) is 0 Å². The molecule has 2 aromatic carbocycles. The summed E-state index contributed by atoms with van der Waals surface area (Å²) in [6.07, 6.45) is 1.73. The second-order valence-corrected chi connectivity index (χ2v) is 6.57. The van der Waals surface area contributed by atoms with Gasteiger partial charge in [-0.15, -0.1) is 12.4 Å². The molecule has 1 saturated heterocycles. The first-order valence-corrected chi connectivity index (χ1v) is 8.84. The third-order valence-electron chi connectivity index (χ3n) is 4.27. The van der Waals surface area contributed by atoms with Crippen LogP contribution < -0.4 is 20.7 Å². The van der Waals surface area contributed by atoms with Gasteiger partial charge in [-0.25, -0.2) is 4.39 Å². The van der Waals surface area contributed by atoms with Crippen molar-refractivity contribution in [1.82, 2.24) is 5.32 Å². The van der Waals surface area contributed by atoms with Gasteiger partial charge in [0.1, 0.15) is 11.6 Å². The molecular formula is C19H20Cl2FN3O3. The third-order valence-corrected chi connectivity index (χ3v) is 4.50. The summed E-state index contributed by atoms with van der Waals surface area (Å²) in [4.78, 5) is 24.7. The third kappa shape index (κ3) is 5.13. The molecule has 0 spiro atoms. The molecule has 1 atom stereocenters. The van der Waals surface area contributed by atoms with Crippen LogP contribution in [0.15, 0.2) is 36.4 Å². The number of methoxy groups -OCH3 is 1. The smallest absolute Gasteiger partial charge is 0.258 e. The van der Waals surface area contributed by atoms with Gasteiger partial charge in [0.15, 0.2) is 0 Å². The zero-order valence-electron chi connectivity index (χ0n) is 15.1. The van der Waals surface area contributed by atoms with Gasteiger partial charge in [0.25, 0.3) is 5.91 Å². The largest absolute Gasteiger partial charge is 0.495 e. The SMILES string of the molecule is COc1ccc(NC(=O)C2CCCN2)cc1NC(=O)c1ccc(Cl)cc1F.Cl. The highest BCUT2D eigenvalue weighted by Gasteiger charge is 2.22. The molecule has 0 aromatic heterocycles. The van der Waals surface area contributed by atoms with Crippen LogP contribution in [0.4, 0.5) is 15.8 Å². The van der Waals surface area contributed by atoms with Crippen molar-refractivity contribution in [2.75, 3.05) is 24.3 Å². The first-order valence-electron chi connectivity index (χ1n) is 8.46. The van der Waals surface area contributed by atoms with Crippen LogP contribution in [0.1, 0.15) is 23.2 Å². The summed E-state index contributed by atoms with van der Waals surface area (Å²) in [6, 6.07) is 8.43. The highest BCUT2D eigenvalue weighted by atomic mass is 35.5. The van der Waals surface area contributed by atoms with E-state index in [0.29, 0.717) is 17.1 Å². The maximum atomic E-state index is 14.0. The summed E-state index contributed by atoms with van der Waals surface area (Å²) in [5.74, 6) is -1.13. The molecule has 150 valence electrons. The number of ether oxygens (including phenoxy) is 1. The van der Waals surface area contributed by atoms with Gasteiger partial charge >= 0.3 is 0 Å². The lowest BCUT2D eigenvalue weighted by atomic mass is 10.1. The first kappa shape index (κ1) is 21.9. The van der Waals surface area contributed by atoms with E-state index in [9.17, 15) is 14.0 Å². The van der Waals surface area contributed by atoms with Crippen LogP contribution in [-0.4, -0.2) is 31.5 Å². The highest BCUT2D eigenvalue weighted by Crippen LogP contribution is 2.29. The summed E-state index contributed by atoms with van der Waals surface area (Å²) in [5.41, 5.74) is 0.668. The van der Waals surface area contributed by atoms with Crippen molar-refractivity contribution in [2.24, 2.45) is 0 Å². The van der Waals surface area contributed by atoms with E-state index in [1.165, 1.54) is 19.2 Å². The Morgan fingerprint density at radius 1 is 1.21 bits per heavy atom. The Morgan fingerprint density at radius 3 is 2.64 bits per heavy atom. The van der Waals surface area contributed by atoms with E-state index in [2.05, 4.69) is 16.0 Å². The summed E-state index contributed by atoms with van der Waals surface area (Å²) in [6.45, 7) is 0.814. The Morgan fingerprint density at radius 2 is 2.00 bits per heavy atom. The number of halogens is 3. The molecule has 0 saturated carbocycles. The minimum absolute atomic E-state index is 0. The fraction of sp³-hybridized carbons (Fsp3) is 0.263. The van der Waals surface area contributed by atoms with E-state index in [1.807, 2.05) is 0 Å². The molecule has 1 unspecified atom stereocenters. The van der Waals surface area contributed by atoms with Gasteiger partial charge < -0.3 is 20.7 Å². The van der Waals surface area contributed by atoms with Gasteiger partial charge in [0.2, 0.25) is 5.91 Å². The van der Waals surface area contributed by atoms with Gasteiger partial charge in [-0.3, -0.25) is 9.59 Å². The van der Waals surface area contributed by atoms with Crippen LogP contribution in [0.5, 0.6) is 5.75 Å². The number of nitrogens with one attached hydrogen (secondary N) is 3. The Bertz CT molecular complexity index is 873. The Labute approximate surface area is 173 Å². The number of amides is 2. The molecule has 2 amide bonds. The van der Waals surface area contributed by atoms with E-state index in [-0.39, 0.29) is 34.9 Å². The van der Waals surface area contributed by atoms with Gasteiger partial charge in [0, 0.05) is 10.7 Å². The van der Waals surface area contributed by atoms with E-state index in [4.69, 9.17) is 16.3 Å². The van der Waals surface area contributed by atoms with E-state index >= 15 is 0 Å². The molecule has 1 heterocycles. The molecule has 2 aromatic rings. The lowest BCUT2D eigenvalue weighted by Crippen LogP contribution is -2.35. The molecular weight excluding hydrogens is 408 g/mol. The molecule has 9 heteroatoms. The number of anilines is 2.